The second-order valence-electron chi connectivity index (χ2n) is 4.99. The minimum absolute atomic E-state index is 0.00704. The molecule has 0 atom stereocenters. The van der Waals surface area contributed by atoms with Crippen molar-refractivity contribution in [2.24, 2.45) is 0 Å². The number of benzene rings is 1. The Bertz CT molecular complexity index is 594. The molecule has 2 amide bonds. The zero-order chi connectivity index (χ0) is 14.7. The molecule has 6 heteroatoms. The Balaban J connectivity index is 1.65. The number of hydrogen-bond donors (Lipinski definition) is 2. The fourth-order valence-electron chi connectivity index (χ4n) is 2.20. The summed E-state index contributed by atoms with van der Waals surface area (Å²) in [6, 6.07) is 7.78. The molecule has 21 heavy (non-hydrogen) atoms. The van der Waals surface area contributed by atoms with Crippen LogP contribution < -0.4 is 5.32 Å². The molecule has 0 saturated heterocycles. The molecule has 110 valence electrons. The molecule has 0 radical (unpaired) electrons. The molecule has 2 N–H and O–H groups in total. The van der Waals surface area contributed by atoms with Crippen LogP contribution in [0.4, 0.5) is 10.5 Å². The number of thiazole rings is 1. The number of aliphatic hydroxyl groups excluding tert-OH is 1. The second kappa shape index (κ2) is 6.24. The van der Waals surface area contributed by atoms with Crippen molar-refractivity contribution in [2.75, 3.05) is 18.5 Å². The lowest BCUT2D eigenvalue weighted by atomic mass is 10.2. The molecular weight excluding hydrogens is 286 g/mol. The van der Waals surface area contributed by atoms with Crippen LogP contribution in [-0.2, 0) is 0 Å². The average Bonchev–Trinajstić information content (AvgIpc) is 3.19. The van der Waals surface area contributed by atoms with Gasteiger partial charge in [0.05, 0.1) is 6.61 Å². The van der Waals surface area contributed by atoms with Crippen molar-refractivity contribution in [3.05, 3.63) is 35.8 Å². The van der Waals surface area contributed by atoms with Crippen molar-refractivity contribution in [3.8, 4) is 10.6 Å². The van der Waals surface area contributed by atoms with Gasteiger partial charge in [-0.25, -0.2) is 9.78 Å². The van der Waals surface area contributed by atoms with E-state index in [-0.39, 0.29) is 18.7 Å². The van der Waals surface area contributed by atoms with Crippen LogP contribution >= 0.6 is 11.3 Å². The molecule has 1 heterocycles. The first kappa shape index (κ1) is 14.0. The molecule has 1 saturated carbocycles. The molecule has 3 rings (SSSR count). The monoisotopic (exact) mass is 303 g/mol. The molecule has 1 aliphatic carbocycles. The maximum Gasteiger partial charge on any atom is 0.322 e. The number of rotatable bonds is 5. The van der Waals surface area contributed by atoms with Gasteiger partial charge in [-0.2, -0.15) is 0 Å². The Morgan fingerprint density at radius 3 is 2.71 bits per heavy atom. The van der Waals surface area contributed by atoms with Gasteiger partial charge in [0.15, 0.2) is 0 Å². The summed E-state index contributed by atoms with van der Waals surface area (Å²) in [5.41, 5.74) is 1.79. The van der Waals surface area contributed by atoms with Crippen LogP contribution in [0.25, 0.3) is 10.6 Å². The molecule has 5 nitrogen and oxygen atoms in total. The predicted molar refractivity (Wildman–Crippen MR) is 83.4 cm³/mol. The highest BCUT2D eigenvalue weighted by molar-refractivity contribution is 7.13. The number of carbonyl (C=O) groups is 1. The smallest absolute Gasteiger partial charge is 0.322 e. The maximum absolute atomic E-state index is 12.2. The summed E-state index contributed by atoms with van der Waals surface area (Å²) in [5.74, 6) is 0. The van der Waals surface area contributed by atoms with Crippen molar-refractivity contribution in [3.63, 3.8) is 0 Å². The third kappa shape index (κ3) is 3.40. The molecule has 1 aliphatic rings. The number of nitrogens with one attached hydrogen (secondary N) is 1. The Hall–Kier alpha value is -1.92. The second-order valence-corrected chi connectivity index (χ2v) is 5.89. The van der Waals surface area contributed by atoms with Gasteiger partial charge >= 0.3 is 6.03 Å². The van der Waals surface area contributed by atoms with E-state index in [1.807, 2.05) is 29.6 Å². The van der Waals surface area contributed by atoms with Gasteiger partial charge in [0, 0.05) is 35.4 Å². The van der Waals surface area contributed by atoms with Gasteiger partial charge in [-0.05, 0) is 37.1 Å². The van der Waals surface area contributed by atoms with E-state index in [9.17, 15) is 4.79 Å². The summed E-state index contributed by atoms with van der Waals surface area (Å²) in [4.78, 5) is 18.2. The van der Waals surface area contributed by atoms with Crippen LogP contribution in [0, 0.1) is 0 Å². The van der Waals surface area contributed by atoms with Crippen LogP contribution in [-0.4, -0.2) is 40.2 Å². The summed E-state index contributed by atoms with van der Waals surface area (Å²) >= 11 is 1.58. The minimum Gasteiger partial charge on any atom is -0.395 e. The van der Waals surface area contributed by atoms with E-state index < -0.39 is 0 Å². The number of urea groups is 1. The standard InChI is InChI=1S/C15H17N3O2S/c19-9-8-18(13-5-6-13)15(20)17-12-3-1-11(2-4-12)14-16-7-10-21-14/h1-4,7,10,13,19H,5-6,8-9H2,(H,17,20). The normalized spacial score (nSPS) is 14.0. The molecular formula is C15H17N3O2S. The highest BCUT2D eigenvalue weighted by Gasteiger charge is 2.32. The van der Waals surface area contributed by atoms with Gasteiger partial charge in [-0.1, -0.05) is 0 Å². The summed E-state index contributed by atoms with van der Waals surface area (Å²) in [5, 5.41) is 14.8. The van der Waals surface area contributed by atoms with Crippen LogP contribution in [0.2, 0.25) is 0 Å². The van der Waals surface area contributed by atoms with E-state index in [1.165, 1.54) is 0 Å². The Morgan fingerprint density at radius 2 is 2.14 bits per heavy atom. The van der Waals surface area contributed by atoms with Crippen molar-refractivity contribution >= 4 is 23.1 Å². The number of carbonyl (C=O) groups excluding carboxylic acids is 1. The molecule has 0 unspecified atom stereocenters. The first-order valence-corrected chi connectivity index (χ1v) is 7.84. The van der Waals surface area contributed by atoms with E-state index >= 15 is 0 Å². The molecule has 0 aliphatic heterocycles. The Labute approximate surface area is 127 Å². The van der Waals surface area contributed by atoms with E-state index in [2.05, 4.69) is 10.3 Å². The number of nitrogens with zero attached hydrogens (tertiary/aromatic N) is 2. The number of aliphatic hydroxyl groups is 1. The molecule has 2 aromatic rings. The van der Waals surface area contributed by atoms with Gasteiger partial charge in [0.25, 0.3) is 0 Å². The van der Waals surface area contributed by atoms with Gasteiger partial charge in [0.1, 0.15) is 5.01 Å². The topological polar surface area (TPSA) is 65.5 Å². The number of aromatic nitrogens is 1. The fourth-order valence-corrected chi connectivity index (χ4v) is 2.85. The lowest BCUT2D eigenvalue weighted by Gasteiger charge is -2.21. The van der Waals surface area contributed by atoms with E-state index in [0.717, 1.165) is 29.1 Å². The quantitative estimate of drug-likeness (QED) is 0.892. The SMILES string of the molecule is O=C(Nc1ccc(-c2nccs2)cc1)N(CCO)C1CC1. The van der Waals surface area contributed by atoms with Gasteiger partial charge in [-0.3, -0.25) is 0 Å². The number of hydrogen-bond acceptors (Lipinski definition) is 4. The van der Waals surface area contributed by atoms with Crippen LogP contribution in [0.1, 0.15) is 12.8 Å². The third-order valence-corrected chi connectivity index (χ3v) is 4.23. The van der Waals surface area contributed by atoms with E-state index in [4.69, 9.17) is 5.11 Å². The fraction of sp³-hybridized carbons (Fsp3) is 0.333. The molecule has 0 bridgehead atoms. The van der Waals surface area contributed by atoms with Crippen molar-refractivity contribution in [1.82, 2.24) is 9.88 Å². The summed E-state index contributed by atoms with van der Waals surface area (Å²) in [6.45, 7) is 0.376. The highest BCUT2D eigenvalue weighted by Crippen LogP contribution is 2.27. The van der Waals surface area contributed by atoms with Gasteiger partial charge in [-0.15, -0.1) is 11.3 Å². The van der Waals surface area contributed by atoms with Crippen LogP contribution in [0.15, 0.2) is 35.8 Å². The van der Waals surface area contributed by atoms with Crippen LogP contribution in [0.3, 0.4) is 0 Å². The van der Waals surface area contributed by atoms with Crippen molar-refractivity contribution in [1.29, 1.82) is 0 Å². The first-order valence-electron chi connectivity index (χ1n) is 6.96. The maximum atomic E-state index is 12.2. The molecule has 1 fully saturated rings. The minimum atomic E-state index is -0.145. The highest BCUT2D eigenvalue weighted by atomic mass is 32.1. The Morgan fingerprint density at radius 1 is 1.38 bits per heavy atom. The third-order valence-electron chi connectivity index (χ3n) is 3.40. The van der Waals surface area contributed by atoms with E-state index in [1.54, 1.807) is 22.4 Å². The predicted octanol–water partition coefficient (Wildman–Crippen LogP) is 2.80. The summed E-state index contributed by atoms with van der Waals surface area (Å²) in [7, 11) is 0. The largest absolute Gasteiger partial charge is 0.395 e. The summed E-state index contributed by atoms with van der Waals surface area (Å²) < 4.78 is 0. The molecule has 1 aromatic carbocycles. The van der Waals surface area contributed by atoms with Gasteiger partial charge < -0.3 is 15.3 Å². The lowest BCUT2D eigenvalue weighted by Crippen LogP contribution is -2.38. The summed E-state index contributed by atoms with van der Waals surface area (Å²) in [6.07, 6.45) is 3.82. The zero-order valence-electron chi connectivity index (χ0n) is 11.5. The molecule has 1 aromatic heterocycles. The number of amides is 2. The van der Waals surface area contributed by atoms with Crippen molar-refractivity contribution < 1.29 is 9.90 Å². The Kier molecular flexibility index (Phi) is 4.17. The van der Waals surface area contributed by atoms with Gasteiger partial charge in [0.2, 0.25) is 0 Å². The lowest BCUT2D eigenvalue weighted by molar-refractivity contribution is 0.185. The van der Waals surface area contributed by atoms with Crippen molar-refractivity contribution in [2.45, 2.75) is 18.9 Å². The first-order chi connectivity index (χ1) is 10.3. The average molecular weight is 303 g/mol. The number of anilines is 1. The molecule has 0 spiro atoms. The van der Waals surface area contributed by atoms with Crippen LogP contribution in [0.5, 0.6) is 0 Å². The zero-order valence-corrected chi connectivity index (χ0v) is 12.3. The van der Waals surface area contributed by atoms with E-state index in [0.29, 0.717) is 6.54 Å².